The van der Waals surface area contributed by atoms with E-state index in [1.165, 1.54) is 6.20 Å². The molecule has 2 fully saturated rings. The first-order valence-electron chi connectivity index (χ1n) is 15.1. The molecule has 46 heavy (non-hydrogen) atoms. The number of amides is 1. The van der Waals surface area contributed by atoms with Crippen LogP contribution in [0.4, 0.5) is 17.1 Å². The molecule has 3 aromatic carbocycles. The van der Waals surface area contributed by atoms with Gasteiger partial charge < -0.3 is 34.9 Å². The monoisotopic (exact) mass is 639 g/mol. The number of aromatic nitrogens is 1. The van der Waals surface area contributed by atoms with Crippen LogP contribution in [0.25, 0.3) is 10.9 Å². The van der Waals surface area contributed by atoms with E-state index in [1.54, 1.807) is 31.4 Å². The van der Waals surface area contributed by atoms with E-state index in [-0.39, 0.29) is 18.6 Å². The number of hydrogen-bond donors (Lipinski definition) is 3. The van der Waals surface area contributed by atoms with Gasteiger partial charge in [0.1, 0.15) is 41.7 Å². The second-order valence-electron chi connectivity index (χ2n) is 11.0. The van der Waals surface area contributed by atoms with Crippen LogP contribution in [0.15, 0.2) is 72.4 Å². The quantitative estimate of drug-likeness (QED) is 0.167. The van der Waals surface area contributed by atoms with Crippen molar-refractivity contribution in [3.63, 3.8) is 0 Å². The fraction of sp³-hybridized carbons (Fsp3) is 0.286. The molecule has 11 heteroatoms. The van der Waals surface area contributed by atoms with Gasteiger partial charge in [-0.3, -0.25) is 9.78 Å². The summed E-state index contributed by atoms with van der Waals surface area (Å²) in [5.74, 6) is 1.47. The minimum Gasteiger partial charge on any atom is -0.496 e. The number of carbonyl (C=O) groups excluding carboxylic acids is 1. The van der Waals surface area contributed by atoms with Crippen molar-refractivity contribution in [3.05, 3.63) is 88.6 Å². The highest BCUT2D eigenvalue weighted by molar-refractivity contribution is 6.32. The third-order valence-electron chi connectivity index (χ3n) is 7.91. The molecule has 1 unspecified atom stereocenters. The highest BCUT2D eigenvalue weighted by Gasteiger charge is 2.23. The van der Waals surface area contributed by atoms with E-state index in [0.717, 1.165) is 49.2 Å². The van der Waals surface area contributed by atoms with Crippen LogP contribution in [0.2, 0.25) is 5.02 Å². The van der Waals surface area contributed by atoms with E-state index < -0.39 is 0 Å². The van der Waals surface area contributed by atoms with Gasteiger partial charge in [0.15, 0.2) is 0 Å². The van der Waals surface area contributed by atoms with Gasteiger partial charge in [-0.05, 0) is 62.3 Å². The topological polar surface area (TPSA) is 127 Å². The van der Waals surface area contributed by atoms with Crippen molar-refractivity contribution in [3.8, 4) is 23.3 Å². The molecule has 0 saturated carbocycles. The number of fused-ring (bicyclic) bond motifs is 1. The number of nitrogens with one attached hydrogen (secondary N) is 3. The van der Waals surface area contributed by atoms with Gasteiger partial charge in [-0.15, -0.1) is 0 Å². The summed E-state index contributed by atoms with van der Waals surface area (Å²) in [5.41, 5.74) is 4.38. The molecule has 0 bridgehead atoms. The highest BCUT2D eigenvalue weighted by atomic mass is 35.5. The van der Waals surface area contributed by atoms with Gasteiger partial charge in [0, 0.05) is 35.3 Å². The second-order valence-corrected chi connectivity index (χ2v) is 11.4. The molecule has 0 aliphatic carbocycles. The fourth-order valence-corrected chi connectivity index (χ4v) is 5.76. The predicted molar refractivity (Wildman–Crippen MR) is 177 cm³/mol. The van der Waals surface area contributed by atoms with E-state index in [1.807, 2.05) is 36.4 Å². The van der Waals surface area contributed by atoms with Crippen LogP contribution in [-0.4, -0.2) is 50.4 Å². The lowest BCUT2D eigenvalue weighted by Crippen LogP contribution is -2.24. The molecule has 4 aromatic rings. The maximum absolute atomic E-state index is 13.2. The molecule has 6 rings (SSSR count). The van der Waals surface area contributed by atoms with E-state index in [2.05, 4.69) is 27.0 Å². The van der Waals surface area contributed by atoms with Gasteiger partial charge >= 0.3 is 0 Å². The number of carbonyl (C=O) groups is 1. The first-order valence-corrected chi connectivity index (χ1v) is 15.5. The lowest BCUT2D eigenvalue weighted by molar-refractivity contribution is -0.112. The van der Waals surface area contributed by atoms with E-state index >= 15 is 0 Å². The third kappa shape index (κ3) is 7.18. The maximum atomic E-state index is 13.2. The Labute approximate surface area is 272 Å². The van der Waals surface area contributed by atoms with Crippen LogP contribution in [0.3, 0.4) is 0 Å². The van der Waals surface area contributed by atoms with E-state index in [4.69, 9.17) is 30.5 Å². The van der Waals surface area contributed by atoms with Gasteiger partial charge in [0.05, 0.1) is 42.1 Å². The van der Waals surface area contributed by atoms with Crippen molar-refractivity contribution in [2.45, 2.75) is 32.0 Å². The Balaban J connectivity index is 1.31. The number of para-hydroxylation sites is 1. The summed E-state index contributed by atoms with van der Waals surface area (Å²) < 4.78 is 23.2. The number of piperidine rings is 1. The van der Waals surface area contributed by atoms with E-state index in [0.29, 0.717) is 63.3 Å². The average molecular weight is 640 g/mol. The number of anilines is 3. The summed E-state index contributed by atoms with van der Waals surface area (Å²) in [7, 11) is 1.62. The van der Waals surface area contributed by atoms with Gasteiger partial charge in [-0.1, -0.05) is 35.4 Å². The molecule has 3 N–H and O–H groups in total. The Hall–Kier alpha value is -4.82. The SMILES string of the molecule is COc1ccccc1COc1ccc(Nc2c(C#N)cnc3c(NC(=O)C=C4CCNCC4)c(OC4CCOC4)ccc23)cc1Cl. The Bertz CT molecular complexity index is 1810. The molecule has 1 aromatic heterocycles. The first kappa shape index (κ1) is 31.2. The number of pyridine rings is 1. The fourth-order valence-electron chi connectivity index (χ4n) is 5.53. The second kappa shape index (κ2) is 14.5. The van der Waals surface area contributed by atoms with Crippen LogP contribution in [-0.2, 0) is 16.1 Å². The molecule has 2 aliphatic rings. The first-order chi connectivity index (χ1) is 22.5. The molecular formula is C35H34ClN5O5. The van der Waals surface area contributed by atoms with Crippen LogP contribution in [0.1, 0.15) is 30.4 Å². The summed E-state index contributed by atoms with van der Waals surface area (Å²) in [4.78, 5) is 17.9. The number of hydrogen-bond acceptors (Lipinski definition) is 9. The third-order valence-corrected chi connectivity index (χ3v) is 8.20. The van der Waals surface area contributed by atoms with Gasteiger partial charge in [-0.2, -0.15) is 5.26 Å². The molecule has 2 saturated heterocycles. The minimum atomic E-state index is -0.256. The molecule has 0 spiro atoms. The zero-order valence-electron chi connectivity index (χ0n) is 25.4. The molecule has 1 atom stereocenters. The lowest BCUT2D eigenvalue weighted by Gasteiger charge is -2.20. The van der Waals surface area contributed by atoms with Crippen LogP contribution in [0.5, 0.6) is 17.2 Å². The molecule has 2 aliphatic heterocycles. The molecular weight excluding hydrogens is 606 g/mol. The van der Waals surface area contributed by atoms with Crippen molar-refractivity contribution < 1.29 is 23.7 Å². The summed E-state index contributed by atoms with van der Waals surface area (Å²) in [6.45, 7) is 3.05. The largest absolute Gasteiger partial charge is 0.496 e. The summed E-state index contributed by atoms with van der Waals surface area (Å²) >= 11 is 6.63. The minimum absolute atomic E-state index is 0.141. The number of rotatable bonds is 10. The number of nitriles is 1. The molecule has 10 nitrogen and oxygen atoms in total. The molecule has 3 heterocycles. The summed E-state index contributed by atoms with van der Waals surface area (Å²) in [6, 6.07) is 18.8. The van der Waals surface area contributed by atoms with Gasteiger partial charge in [0.25, 0.3) is 0 Å². The smallest absolute Gasteiger partial charge is 0.248 e. The lowest BCUT2D eigenvalue weighted by atomic mass is 10.0. The number of nitrogens with zero attached hydrogens (tertiary/aromatic N) is 2. The standard InChI is InChI=1S/C35H34ClN5O5/c1-43-29-5-3-2-4-23(29)20-45-30-8-6-25(17-28(30)36)40-33-24(18-37)19-39-34-27(33)7-9-31(46-26-12-15-44-21-26)35(34)41-32(42)16-22-10-13-38-14-11-22/h2-9,16-17,19,26,38H,10-15,20-21H2,1H3,(H,39,40)(H,41,42). The Morgan fingerprint density at radius 2 is 1.96 bits per heavy atom. The van der Waals surface area contributed by atoms with Crippen molar-refractivity contribution in [1.29, 1.82) is 5.26 Å². The zero-order chi connectivity index (χ0) is 31.9. The van der Waals surface area contributed by atoms with Crippen LogP contribution < -0.4 is 30.2 Å². The van der Waals surface area contributed by atoms with Crippen LogP contribution in [0, 0.1) is 11.3 Å². The van der Waals surface area contributed by atoms with E-state index in [9.17, 15) is 10.1 Å². The van der Waals surface area contributed by atoms with Crippen molar-refractivity contribution in [2.75, 3.05) is 44.0 Å². The van der Waals surface area contributed by atoms with Gasteiger partial charge in [-0.25, -0.2) is 0 Å². The summed E-state index contributed by atoms with van der Waals surface area (Å²) in [5, 5.41) is 20.7. The zero-order valence-corrected chi connectivity index (χ0v) is 26.2. The average Bonchev–Trinajstić information content (AvgIpc) is 3.59. The summed E-state index contributed by atoms with van der Waals surface area (Å²) in [6.07, 6.45) is 5.38. The molecule has 1 amide bonds. The Morgan fingerprint density at radius 3 is 2.72 bits per heavy atom. The van der Waals surface area contributed by atoms with Crippen molar-refractivity contribution >= 4 is 45.5 Å². The number of methoxy groups -OCH3 is 1. The molecule has 236 valence electrons. The Kier molecular flexibility index (Phi) is 9.84. The normalized spacial score (nSPS) is 16.0. The van der Waals surface area contributed by atoms with Gasteiger partial charge in [0.2, 0.25) is 5.91 Å². The molecule has 0 radical (unpaired) electrons. The maximum Gasteiger partial charge on any atom is 0.248 e. The van der Waals surface area contributed by atoms with Crippen molar-refractivity contribution in [2.24, 2.45) is 0 Å². The number of ether oxygens (including phenoxy) is 4. The van der Waals surface area contributed by atoms with Crippen LogP contribution >= 0.6 is 11.6 Å². The highest BCUT2D eigenvalue weighted by Crippen LogP contribution is 2.39. The Morgan fingerprint density at radius 1 is 1.13 bits per heavy atom. The number of halogens is 1. The van der Waals surface area contributed by atoms with Crippen molar-refractivity contribution in [1.82, 2.24) is 10.3 Å². The number of benzene rings is 3. The predicted octanol–water partition coefficient (Wildman–Crippen LogP) is 6.51.